The van der Waals surface area contributed by atoms with Gasteiger partial charge in [0.1, 0.15) is 11.4 Å². The molecule has 0 fully saturated rings. The summed E-state index contributed by atoms with van der Waals surface area (Å²) in [6.07, 6.45) is -12.1. The van der Waals surface area contributed by atoms with Crippen molar-refractivity contribution in [3.63, 3.8) is 0 Å². The fraction of sp³-hybridized carbons (Fsp3) is 0.389. The SMILES string of the molecule is CC(C)Cn1c2c(c(=O)[nH]c1=O)C(C(F)(F)F)(C(F)(F)F)[NH+]=C(c1ccc(F)cc1)N2. The van der Waals surface area contributed by atoms with Crippen LogP contribution in [0.15, 0.2) is 33.9 Å². The maximum atomic E-state index is 14.1. The molecule has 6 nitrogen and oxygen atoms in total. The van der Waals surface area contributed by atoms with Gasteiger partial charge in [0, 0.05) is 6.54 Å². The van der Waals surface area contributed by atoms with Gasteiger partial charge in [0.15, 0.2) is 0 Å². The number of aromatic nitrogens is 2. The normalized spacial score (nSPS) is 16.0. The van der Waals surface area contributed by atoms with Gasteiger partial charge in [0.05, 0.1) is 5.56 Å². The van der Waals surface area contributed by atoms with Crippen LogP contribution in [0, 0.1) is 11.7 Å². The summed E-state index contributed by atoms with van der Waals surface area (Å²) in [5.74, 6) is -2.89. The highest BCUT2D eigenvalue weighted by atomic mass is 19.4. The molecule has 31 heavy (non-hydrogen) atoms. The number of hydrogen-bond donors (Lipinski definition) is 3. The van der Waals surface area contributed by atoms with Gasteiger partial charge in [-0.05, 0) is 30.2 Å². The minimum absolute atomic E-state index is 0.256. The van der Waals surface area contributed by atoms with E-state index in [1.54, 1.807) is 18.8 Å². The molecule has 13 heteroatoms. The van der Waals surface area contributed by atoms with E-state index in [0.29, 0.717) is 4.57 Å². The molecule has 2 aromatic rings. The fourth-order valence-corrected chi connectivity index (χ4v) is 3.33. The van der Waals surface area contributed by atoms with Crippen molar-refractivity contribution in [3.05, 3.63) is 62.0 Å². The van der Waals surface area contributed by atoms with Gasteiger partial charge in [-0.15, -0.1) is 0 Å². The molecule has 1 aromatic carbocycles. The molecule has 3 rings (SSSR count). The van der Waals surface area contributed by atoms with E-state index in [0.717, 1.165) is 24.3 Å². The summed E-state index contributed by atoms with van der Waals surface area (Å²) >= 11 is 0. The number of alkyl halides is 6. The van der Waals surface area contributed by atoms with Crippen LogP contribution in [0.2, 0.25) is 0 Å². The first-order valence-electron chi connectivity index (χ1n) is 8.88. The van der Waals surface area contributed by atoms with Gasteiger partial charge in [-0.3, -0.25) is 14.3 Å². The van der Waals surface area contributed by atoms with Crippen molar-refractivity contribution < 1.29 is 35.7 Å². The first-order valence-corrected chi connectivity index (χ1v) is 8.88. The molecule has 0 unspecified atom stereocenters. The van der Waals surface area contributed by atoms with Crippen LogP contribution < -0.4 is 21.6 Å². The Kier molecular flexibility index (Phi) is 5.27. The van der Waals surface area contributed by atoms with Crippen molar-refractivity contribution in [2.75, 3.05) is 5.32 Å². The Bertz CT molecular complexity index is 1130. The Morgan fingerprint density at radius 3 is 2.06 bits per heavy atom. The highest BCUT2D eigenvalue weighted by Gasteiger charge is 2.78. The number of nitrogens with one attached hydrogen (secondary N) is 3. The summed E-state index contributed by atoms with van der Waals surface area (Å²) in [4.78, 5) is 27.5. The Hall–Kier alpha value is -3.12. The van der Waals surface area contributed by atoms with E-state index in [1.807, 2.05) is 0 Å². The smallest absolute Gasteiger partial charge is 0.273 e. The van der Waals surface area contributed by atoms with Crippen LogP contribution in [0.1, 0.15) is 25.0 Å². The highest BCUT2D eigenvalue weighted by molar-refractivity contribution is 6.05. The molecule has 0 saturated heterocycles. The Balaban J connectivity index is 2.48. The molecule has 0 bridgehead atoms. The number of hydrogen-bond acceptors (Lipinski definition) is 3. The van der Waals surface area contributed by atoms with Crippen LogP contribution in [0.25, 0.3) is 0 Å². The molecule has 1 aromatic heterocycles. The van der Waals surface area contributed by atoms with Gasteiger partial charge < -0.3 is 0 Å². The average molecular weight is 453 g/mol. The Labute approximate surface area is 169 Å². The lowest BCUT2D eigenvalue weighted by Gasteiger charge is -2.35. The van der Waals surface area contributed by atoms with Crippen molar-refractivity contribution in [1.82, 2.24) is 9.55 Å². The van der Waals surface area contributed by atoms with Crippen molar-refractivity contribution in [1.29, 1.82) is 0 Å². The van der Waals surface area contributed by atoms with Crippen LogP contribution in [-0.2, 0) is 12.1 Å². The van der Waals surface area contributed by atoms with Crippen LogP contribution in [-0.4, -0.2) is 27.7 Å². The topological polar surface area (TPSA) is 80.9 Å². The number of anilines is 1. The zero-order valence-corrected chi connectivity index (χ0v) is 16.0. The number of fused-ring (bicyclic) bond motifs is 1. The summed E-state index contributed by atoms with van der Waals surface area (Å²) in [6, 6.07) is 3.57. The minimum atomic E-state index is -6.04. The third-order valence-corrected chi connectivity index (χ3v) is 4.66. The van der Waals surface area contributed by atoms with Crippen LogP contribution >= 0.6 is 0 Å². The van der Waals surface area contributed by atoms with Crippen LogP contribution in [0.4, 0.5) is 36.6 Å². The number of nitrogens with zero attached hydrogens (tertiary/aromatic N) is 1. The van der Waals surface area contributed by atoms with Crippen molar-refractivity contribution in [2.45, 2.75) is 38.3 Å². The third kappa shape index (κ3) is 3.61. The highest BCUT2D eigenvalue weighted by Crippen LogP contribution is 2.48. The van der Waals surface area contributed by atoms with Gasteiger partial charge in [-0.25, -0.2) is 19.5 Å². The number of benzene rings is 1. The Morgan fingerprint density at radius 1 is 1.03 bits per heavy atom. The predicted octanol–water partition coefficient (Wildman–Crippen LogP) is 1.60. The molecule has 0 amide bonds. The molecule has 1 aliphatic rings. The van der Waals surface area contributed by atoms with Gasteiger partial charge in [0.25, 0.3) is 11.4 Å². The van der Waals surface area contributed by atoms with E-state index in [2.05, 4.69) is 5.32 Å². The number of amidine groups is 1. The molecule has 2 heterocycles. The molecule has 1 aliphatic heterocycles. The molecule has 0 atom stereocenters. The van der Waals surface area contributed by atoms with E-state index >= 15 is 0 Å². The van der Waals surface area contributed by atoms with E-state index in [4.69, 9.17) is 0 Å². The monoisotopic (exact) mass is 453 g/mol. The van der Waals surface area contributed by atoms with Crippen LogP contribution in [0.3, 0.4) is 0 Å². The molecular weight excluding hydrogens is 437 g/mol. The van der Waals surface area contributed by atoms with E-state index < -0.39 is 52.2 Å². The zero-order chi connectivity index (χ0) is 23.4. The summed E-state index contributed by atoms with van der Waals surface area (Å²) < 4.78 is 98.3. The number of rotatable bonds is 3. The third-order valence-electron chi connectivity index (χ3n) is 4.66. The summed E-state index contributed by atoms with van der Waals surface area (Å²) in [5, 5.41) is 2.31. The van der Waals surface area contributed by atoms with Crippen LogP contribution in [0.5, 0.6) is 0 Å². The predicted molar refractivity (Wildman–Crippen MR) is 95.0 cm³/mol. The molecular formula is C18H16F7N4O2+. The quantitative estimate of drug-likeness (QED) is 0.618. The summed E-state index contributed by atoms with van der Waals surface area (Å²) in [5.41, 5.74) is -9.84. The number of halogens is 7. The van der Waals surface area contributed by atoms with E-state index in [1.165, 1.54) is 4.99 Å². The second kappa shape index (κ2) is 7.24. The van der Waals surface area contributed by atoms with Crippen molar-refractivity contribution in [3.8, 4) is 0 Å². The molecule has 168 valence electrons. The standard InChI is InChI=1S/C18H15F7N4O2/c1-8(2)7-29-13-11(14(30)27-15(29)31)16(17(20,21)22,18(23,24)25)28-12(26-13)9-3-5-10(19)6-4-9/h3-6,8H,7H2,1-2H3,(H,26,28)(H,27,30,31)/p+1. The lowest BCUT2D eigenvalue weighted by Crippen LogP contribution is -2.97. The second-order valence-electron chi connectivity index (χ2n) is 7.36. The van der Waals surface area contributed by atoms with E-state index in [-0.39, 0.29) is 18.0 Å². The fourth-order valence-electron chi connectivity index (χ4n) is 3.33. The average Bonchev–Trinajstić information content (AvgIpc) is 2.62. The maximum absolute atomic E-state index is 14.1. The molecule has 0 spiro atoms. The first-order chi connectivity index (χ1) is 14.2. The van der Waals surface area contributed by atoms with Gasteiger partial charge in [-0.1, -0.05) is 13.8 Å². The van der Waals surface area contributed by atoms with Crippen molar-refractivity contribution in [2.24, 2.45) is 5.92 Å². The maximum Gasteiger partial charge on any atom is 0.446 e. The lowest BCUT2D eigenvalue weighted by molar-refractivity contribution is -0.658. The summed E-state index contributed by atoms with van der Waals surface area (Å²) in [7, 11) is 0. The Morgan fingerprint density at radius 2 is 1.58 bits per heavy atom. The van der Waals surface area contributed by atoms with Gasteiger partial charge >= 0.3 is 23.6 Å². The minimum Gasteiger partial charge on any atom is -0.273 e. The molecule has 0 radical (unpaired) electrons. The van der Waals surface area contributed by atoms with E-state index in [9.17, 15) is 40.3 Å². The molecule has 0 aliphatic carbocycles. The second-order valence-corrected chi connectivity index (χ2v) is 7.36. The summed E-state index contributed by atoms with van der Waals surface area (Å²) in [6.45, 7) is 2.88. The first kappa shape index (κ1) is 22.6. The van der Waals surface area contributed by atoms with Gasteiger partial charge in [0.2, 0.25) is 5.82 Å². The number of aromatic amines is 1. The molecule has 0 saturated carbocycles. The lowest BCUT2D eigenvalue weighted by atomic mass is 9.87. The number of H-pyrrole nitrogens is 1. The molecule has 3 N–H and O–H groups in total. The van der Waals surface area contributed by atoms with Gasteiger partial charge in [-0.2, -0.15) is 26.3 Å². The van der Waals surface area contributed by atoms with Crippen molar-refractivity contribution >= 4 is 11.7 Å². The largest absolute Gasteiger partial charge is 0.446 e. The zero-order valence-electron chi connectivity index (χ0n) is 16.0.